The number of aromatic nitrogens is 1. The molecule has 10 heteroatoms. The smallest absolute Gasteiger partial charge is 0.416 e. The van der Waals surface area contributed by atoms with E-state index >= 15 is 0 Å². The Labute approximate surface area is 159 Å². The summed E-state index contributed by atoms with van der Waals surface area (Å²) >= 11 is 0. The molecule has 0 bridgehead atoms. The maximum absolute atomic E-state index is 12.9. The van der Waals surface area contributed by atoms with Gasteiger partial charge in [-0.3, -0.25) is 4.79 Å². The number of benzene rings is 1. The fourth-order valence-corrected chi connectivity index (χ4v) is 2.95. The van der Waals surface area contributed by atoms with E-state index < -0.39 is 23.9 Å². The normalized spacial score (nSPS) is 17.5. The maximum Gasteiger partial charge on any atom is 0.416 e. The van der Waals surface area contributed by atoms with Gasteiger partial charge in [-0.1, -0.05) is 6.07 Å². The second kappa shape index (κ2) is 7.80. The second-order valence-electron chi connectivity index (χ2n) is 6.66. The molecule has 2 atom stereocenters. The van der Waals surface area contributed by atoms with Crippen molar-refractivity contribution < 1.29 is 27.5 Å². The lowest BCUT2D eigenvalue weighted by atomic mass is 10.1. The van der Waals surface area contributed by atoms with Crippen LogP contribution in [0.25, 0.3) is 0 Å². The fourth-order valence-electron chi connectivity index (χ4n) is 2.95. The van der Waals surface area contributed by atoms with E-state index in [2.05, 4.69) is 4.98 Å². The third kappa shape index (κ3) is 4.28. The zero-order valence-electron chi connectivity index (χ0n) is 15.2. The van der Waals surface area contributed by atoms with Crippen LogP contribution in [0.4, 0.5) is 18.9 Å². The predicted octanol–water partition coefficient (Wildman–Crippen LogP) is 2.04. The first-order chi connectivity index (χ1) is 13.2. The van der Waals surface area contributed by atoms with Crippen molar-refractivity contribution in [2.75, 3.05) is 31.1 Å². The third-order valence-corrected chi connectivity index (χ3v) is 4.65. The molecule has 0 radical (unpaired) electrons. The number of carbonyl (C=O) groups is 1. The summed E-state index contributed by atoms with van der Waals surface area (Å²) in [5.74, 6) is -0.280. The highest BCUT2D eigenvalue weighted by atomic mass is 19.4. The van der Waals surface area contributed by atoms with E-state index in [9.17, 15) is 23.1 Å². The van der Waals surface area contributed by atoms with Gasteiger partial charge in [-0.15, -0.1) is 0 Å². The van der Waals surface area contributed by atoms with E-state index in [1.165, 1.54) is 19.3 Å². The zero-order valence-corrected chi connectivity index (χ0v) is 15.2. The number of anilines is 1. The molecule has 1 amide bonds. The van der Waals surface area contributed by atoms with Crippen molar-refractivity contribution >= 4 is 11.6 Å². The first-order valence-corrected chi connectivity index (χ1v) is 8.77. The number of aliphatic hydroxyl groups excluding tert-OH is 1. The fraction of sp³-hybridized carbons (Fsp3) is 0.444. The van der Waals surface area contributed by atoms with E-state index in [0.717, 1.165) is 12.1 Å². The average molecular weight is 398 g/mol. The number of hydrogen-bond donors (Lipinski definition) is 2. The topological polar surface area (TPSA) is 95.8 Å². The largest absolute Gasteiger partial charge is 0.446 e. The quantitative estimate of drug-likeness (QED) is 0.818. The van der Waals surface area contributed by atoms with Crippen molar-refractivity contribution in [2.24, 2.45) is 5.73 Å². The third-order valence-electron chi connectivity index (χ3n) is 4.65. The molecule has 1 aliphatic rings. The van der Waals surface area contributed by atoms with Gasteiger partial charge < -0.3 is 25.1 Å². The number of piperazine rings is 1. The molecule has 0 aliphatic carbocycles. The summed E-state index contributed by atoms with van der Waals surface area (Å²) in [7, 11) is 0. The maximum atomic E-state index is 12.9. The van der Waals surface area contributed by atoms with Gasteiger partial charge in [0.1, 0.15) is 12.3 Å². The molecule has 2 unspecified atom stereocenters. The predicted molar refractivity (Wildman–Crippen MR) is 94.7 cm³/mol. The van der Waals surface area contributed by atoms with E-state index in [0.29, 0.717) is 31.9 Å². The van der Waals surface area contributed by atoms with Crippen LogP contribution in [-0.4, -0.2) is 53.2 Å². The summed E-state index contributed by atoms with van der Waals surface area (Å²) in [5.41, 5.74) is 5.58. The molecule has 152 valence electrons. The molecule has 1 aliphatic heterocycles. The minimum Gasteiger partial charge on any atom is -0.446 e. The molecule has 28 heavy (non-hydrogen) atoms. The summed E-state index contributed by atoms with van der Waals surface area (Å²) in [6, 6.07) is 4.30. The van der Waals surface area contributed by atoms with E-state index in [4.69, 9.17) is 10.2 Å². The number of aliphatic hydroxyl groups is 1. The Hall–Kier alpha value is -2.59. The molecule has 1 saturated heterocycles. The van der Waals surface area contributed by atoms with Crippen LogP contribution in [0.1, 0.15) is 34.9 Å². The van der Waals surface area contributed by atoms with Crippen LogP contribution in [0.15, 0.2) is 34.9 Å². The molecular formula is C18H21F3N4O3. The Morgan fingerprint density at radius 1 is 1.29 bits per heavy atom. The molecule has 1 fully saturated rings. The average Bonchev–Trinajstić information content (AvgIpc) is 3.16. The second-order valence-corrected chi connectivity index (χ2v) is 6.66. The summed E-state index contributed by atoms with van der Waals surface area (Å²) in [4.78, 5) is 20.0. The molecule has 3 N–H and O–H groups in total. The lowest BCUT2D eigenvalue weighted by Gasteiger charge is -2.36. The van der Waals surface area contributed by atoms with Crippen LogP contribution in [0.5, 0.6) is 0 Å². The highest BCUT2D eigenvalue weighted by Gasteiger charge is 2.31. The van der Waals surface area contributed by atoms with Crippen molar-refractivity contribution in [1.29, 1.82) is 0 Å². The van der Waals surface area contributed by atoms with Crippen LogP contribution in [-0.2, 0) is 6.18 Å². The molecule has 2 heterocycles. The first-order valence-electron chi connectivity index (χ1n) is 8.77. The standard InChI is InChI=1S/C18H21F3N4O3/c1-11(26)15(22)16-23-14(10-28-16)17(27)25-7-5-24(6-8-25)13-4-2-3-12(9-13)18(19,20)21/h2-4,9-11,15,26H,5-8,22H2,1H3. The van der Waals surface area contributed by atoms with E-state index in [1.54, 1.807) is 15.9 Å². The van der Waals surface area contributed by atoms with Crippen LogP contribution in [0, 0.1) is 0 Å². The molecular weight excluding hydrogens is 377 g/mol. The molecule has 1 aromatic heterocycles. The zero-order chi connectivity index (χ0) is 20.5. The number of oxazole rings is 1. The number of rotatable bonds is 4. The molecule has 7 nitrogen and oxygen atoms in total. The van der Waals surface area contributed by atoms with E-state index in [-0.39, 0.29) is 17.5 Å². The van der Waals surface area contributed by atoms with Crippen molar-refractivity contribution in [2.45, 2.75) is 25.2 Å². The SMILES string of the molecule is CC(O)C(N)c1nc(C(=O)N2CCN(c3cccc(C(F)(F)F)c3)CC2)co1. The number of hydrogen-bond acceptors (Lipinski definition) is 6. The lowest BCUT2D eigenvalue weighted by molar-refractivity contribution is -0.137. The van der Waals surface area contributed by atoms with Gasteiger partial charge in [0.15, 0.2) is 5.69 Å². The van der Waals surface area contributed by atoms with Crippen molar-refractivity contribution in [1.82, 2.24) is 9.88 Å². The number of halogens is 3. The highest BCUT2D eigenvalue weighted by molar-refractivity contribution is 5.92. The molecule has 2 aromatic rings. The summed E-state index contributed by atoms with van der Waals surface area (Å²) < 4.78 is 43.8. The Morgan fingerprint density at radius 2 is 1.96 bits per heavy atom. The Morgan fingerprint density at radius 3 is 2.57 bits per heavy atom. The van der Waals surface area contributed by atoms with Crippen LogP contribution in [0.3, 0.4) is 0 Å². The number of nitrogens with zero attached hydrogens (tertiary/aromatic N) is 3. The Bertz CT molecular complexity index is 829. The summed E-state index contributed by atoms with van der Waals surface area (Å²) in [5, 5.41) is 9.48. The van der Waals surface area contributed by atoms with Crippen LogP contribution >= 0.6 is 0 Å². The van der Waals surface area contributed by atoms with Gasteiger partial charge in [0, 0.05) is 31.9 Å². The Kier molecular flexibility index (Phi) is 5.61. The van der Waals surface area contributed by atoms with Gasteiger partial charge in [0.25, 0.3) is 5.91 Å². The monoisotopic (exact) mass is 398 g/mol. The number of carbonyl (C=O) groups excluding carboxylic acids is 1. The molecule has 1 aromatic carbocycles. The van der Waals surface area contributed by atoms with Gasteiger partial charge in [-0.25, -0.2) is 4.98 Å². The van der Waals surface area contributed by atoms with Crippen LogP contribution in [0.2, 0.25) is 0 Å². The van der Waals surface area contributed by atoms with Crippen molar-refractivity contribution in [3.8, 4) is 0 Å². The molecule has 0 saturated carbocycles. The van der Waals surface area contributed by atoms with Gasteiger partial charge in [0.05, 0.1) is 11.7 Å². The molecule has 3 rings (SSSR count). The number of nitrogens with two attached hydrogens (primary N) is 1. The van der Waals surface area contributed by atoms with Crippen molar-refractivity contribution in [3.05, 3.63) is 47.7 Å². The van der Waals surface area contributed by atoms with Gasteiger partial charge in [0.2, 0.25) is 5.89 Å². The van der Waals surface area contributed by atoms with Gasteiger partial charge in [-0.05, 0) is 25.1 Å². The van der Waals surface area contributed by atoms with Crippen molar-refractivity contribution in [3.63, 3.8) is 0 Å². The minimum absolute atomic E-state index is 0.0703. The molecule has 0 spiro atoms. The van der Waals surface area contributed by atoms with E-state index in [1.807, 2.05) is 0 Å². The minimum atomic E-state index is -4.40. The van der Waals surface area contributed by atoms with Gasteiger partial charge >= 0.3 is 6.18 Å². The summed E-state index contributed by atoms with van der Waals surface area (Å²) in [6.45, 7) is 2.94. The Balaban J connectivity index is 1.63. The lowest BCUT2D eigenvalue weighted by Crippen LogP contribution is -2.49. The summed E-state index contributed by atoms with van der Waals surface area (Å²) in [6.07, 6.45) is -4.08. The number of alkyl halides is 3. The van der Waals surface area contributed by atoms with Gasteiger partial charge in [-0.2, -0.15) is 13.2 Å². The number of amides is 1. The van der Waals surface area contributed by atoms with Crippen LogP contribution < -0.4 is 10.6 Å². The highest BCUT2D eigenvalue weighted by Crippen LogP contribution is 2.32. The first kappa shape index (κ1) is 20.2.